The van der Waals surface area contributed by atoms with Crippen LogP contribution in [-0.2, 0) is 16.8 Å². The molecule has 0 aliphatic carbocycles. The number of amides is 1. The molecule has 0 spiro atoms. The molecule has 0 aliphatic heterocycles. The Morgan fingerprint density at radius 2 is 1.88 bits per heavy atom. The van der Waals surface area contributed by atoms with Gasteiger partial charge in [0.15, 0.2) is 11.0 Å². The molecule has 3 rings (SSSR count). The maximum atomic E-state index is 12.2. The van der Waals surface area contributed by atoms with Crippen molar-refractivity contribution in [1.29, 1.82) is 0 Å². The number of para-hydroxylation sites is 1. The second kappa shape index (κ2) is 10.5. The van der Waals surface area contributed by atoms with Gasteiger partial charge in [0.05, 0.1) is 19.1 Å². The normalized spacial score (nSPS) is 11.7. The summed E-state index contributed by atoms with van der Waals surface area (Å²) in [5, 5.41) is 13.4. The van der Waals surface area contributed by atoms with Crippen molar-refractivity contribution in [2.24, 2.45) is 5.10 Å². The monoisotopic (exact) mass is 451 g/mol. The Kier molecular flexibility index (Phi) is 7.69. The molecular formula is C24H29N5O2S. The number of benzene rings is 2. The molecule has 0 fully saturated rings. The minimum atomic E-state index is -0.220. The lowest BCUT2D eigenvalue weighted by molar-refractivity contribution is -0.118. The van der Waals surface area contributed by atoms with Crippen molar-refractivity contribution in [2.45, 2.75) is 44.8 Å². The molecule has 1 heterocycles. The van der Waals surface area contributed by atoms with Gasteiger partial charge >= 0.3 is 0 Å². The molecular weight excluding hydrogens is 422 g/mol. The van der Waals surface area contributed by atoms with Crippen molar-refractivity contribution < 1.29 is 9.53 Å². The van der Waals surface area contributed by atoms with Crippen molar-refractivity contribution >= 4 is 23.9 Å². The van der Waals surface area contributed by atoms with E-state index in [1.807, 2.05) is 35.8 Å². The van der Waals surface area contributed by atoms with Crippen molar-refractivity contribution in [2.75, 3.05) is 12.9 Å². The highest BCUT2D eigenvalue weighted by Gasteiger charge is 2.17. The summed E-state index contributed by atoms with van der Waals surface area (Å²) in [6, 6.07) is 15.9. The minimum Gasteiger partial charge on any atom is -0.496 e. The number of aromatic nitrogens is 3. The molecule has 168 valence electrons. The molecule has 0 atom stereocenters. The smallest absolute Gasteiger partial charge is 0.250 e. The fourth-order valence-corrected chi connectivity index (χ4v) is 3.92. The quantitative estimate of drug-likeness (QED) is 0.309. The van der Waals surface area contributed by atoms with Crippen LogP contribution in [0.3, 0.4) is 0 Å². The van der Waals surface area contributed by atoms with Crippen LogP contribution < -0.4 is 10.2 Å². The standard InChI is InChI=1S/C24H29N5O2S/c1-6-29-22(17-11-13-19(14-12-17)24(2,3)4)27-28-23(29)32-16-21(30)26-25-15-18-9-7-8-10-20(18)31-5/h7-15H,6,16H2,1-5H3,(H,26,30). The molecule has 0 saturated heterocycles. The summed E-state index contributed by atoms with van der Waals surface area (Å²) in [7, 11) is 1.60. The van der Waals surface area contributed by atoms with Crippen molar-refractivity contribution in [3.05, 3.63) is 59.7 Å². The number of hydrogen-bond acceptors (Lipinski definition) is 6. The van der Waals surface area contributed by atoms with Crippen LogP contribution in [0.25, 0.3) is 11.4 Å². The first-order valence-corrected chi connectivity index (χ1v) is 11.4. The van der Waals surface area contributed by atoms with Gasteiger partial charge in [-0.25, -0.2) is 5.43 Å². The largest absolute Gasteiger partial charge is 0.496 e. The summed E-state index contributed by atoms with van der Waals surface area (Å²) in [4.78, 5) is 12.2. The molecule has 0 unspecified atom stereocenters. The van der Waals surface area contributed by atoms with Crippen LogP contribution in [0.4, 0.5) is 0 Å². The lowest BCUT2D eigenvalue weighted by Crippen LogP contribution is -2.20. The number of thioether (sulfide) groups is 1. The minimum absolute atomic E-state index is 0.0967. The number of methoxy groups -OCH3 is 1. The van der Waals surface area contributed by atoms with E-state index in [9.17, 15) is 4.79 Å². The lowest BCUT2D eigenvalue weighted by Gasteiger charge is -2.19. The van der Waals surface area contributed by atoms with E-state index >= 15 is 0 Å². The first-order valence-electron chi connectivity index (χ1n) is 10.4. The predicted molar refractivity (Wildman–Crippen MR) is 129 cm³/mol. The summed E-state index contributed by atoms with van der Waals surface area (Å²) in [5.74, 6) is 1.46. The number of carbonyl (C=O) groups is 1. The summed E-state index contributed by atoms with van der Waals surface area (Å²) in [6.07, 6.45) is 1.56. The molecule has 8 heteroatoms. The Hall–Kier alpha value is -3.13. The Balaban J connectivity index is 1.63. The number of nitrogens with one attached hydrogen (secondary N) is 1. The summed E-state index contributed by atoms with van der Waals surface area (Å²) in [6.45, 7) is 9.32. The number of carbonyl (C=O) groups excluding carboxylic acids is 1. The van der Waals surface area contributed by atoms with E-state index in [2.05, 4.69) is 65.8 Å². The molecule has 7 nitrogen and oxygen atoms in total. The third-order valence-corrected chi connectivity index (χ3v) is 5.87. The summed E-state index contributed by atoms with van der Waals surface area (Å²) >= 11 is 1.34. The number of hydrogen-bond donors (Lipinski definition) is 1. The molecule has 0 bridgehead atoms. The first-order chi connectivity index (χ1) is 15.3. The SMILES string of the molecule is CCn1c(SCC(=O)NN=Cc2ccccc2OC)nnc1-c1ccc(C(C)(C)C)cc1. The fourth-order valence-electron chi connectivity index (χ4n) is 3.12. The Morgan fingerprint density at radius 3 is 2.53 bits per heavy atom. The molecule has 2 aromatic carbocycles. The van der Waals surface area contributed by atoms with Gasteiger partial charge in [0.25, 0.3) is 5.91 Å². The fraction of sp³-hybridized carbons (Fsp3) is 0.333. The van der Waals surface area contributed by atoms with Crippen LogP contribution >= 0.6 is 11.8 Å². The van der Waals surface area contributed by atoms with Gasteiger partial charge in [0.1, 0.15) is 5.75 Å². The maximum Gasteiger partial charge on any atom is 0.250 e. The Morgan fingerprint density at radius 1 is 1.16 bits per heavy atom. The number of ether oxygens (including phenoxy) is 1. The third-order valence-electron chi connectivity index (χ3n) is 4.91. The van der Waals surface area contributed by atoms with Crippen molar-refractivity contribution in [1.82, 2.24) is 20.2 Å². The van der Waals surface area contributed by atoms with Gasteiger partial charge in [-0.1, -0.05) is 68.9 Å². The molecule has 0 radical (unpaired) electrons. The van der Waals surface area contributed by atoms with E-state index in [0.29, 0.717) is 17.5 Å². The van der Waals surface area contributed by atoms with E-state index in [1.165, 1.54) is 17.3 Å². The zero-order chi connectivity index (χ0) is 23.1. The van der Waals surface area contributed by atoms with Crippen LogP contribution in [0.2, 0.25) is 0 Å². The number of nitrogens with zero attached hydrogens (tertiary/aromatic N) is 4. The van der Waals surface area contributed by atoms with Gasteiger partial charge in [0, 0.05) is 17.7 Å². The van der Waals surface area contributed by atoms with Gasteiger partial charge in [0.2, 0.25) is 0 Å². The van der Waals surface area contributed by atoms with Crippen LogP contribution in [-0.4, -0.2) is 39.7 Å². The Labute approximate surface area is 193 Å². The summed E-state index contributed by atoms with van der Waals surface area (Å²) < 4.78 is 7.29. The molecule has 0 saturated carbocycles. The van der Waals surface area contributed by atoms with Gasteiger partial charge in [-0.05, 0) is 30.0 Å². The van der Waals surface area contributed by atoms with Gasteiger partial charge in [-0.2, -0.15) is 5.10 Å². The Bertz CT molecular complexity index is 1080. The highest BCUT2D eigenvalue weighted by Crippen LogP contribution is 2.27. The van der Waals surface area contributed by atoms with Crippen LogP contribution in [0, 0.1) is 0 Å². The molecule has 0 aliphatic rings. The topological polar surface area (TPSA) is 81.4 Å². The van der Waals surface area contributed by atoms with Gasteiger partial charge in [-0.3, -0.25) is 4.79 Å². The highest BCUT2D eigenvalue weighted by atomic mass is 32.2. The van der Waals surface area contributed by atoms with E-state index in [-0.39, 0.29) is 17.1 Å². The van der Waals surface area contributed by atoms with E-state index in [4.69, 9.17) is 4.74 Å². The average Bonchev–Trinajstić information content (AvgIpc) is 3.20. The van der Waals surface area contributed by atoms with Crippen molar-refractivity contribution in [3.63, 3.8) is 0 Å². The van der Waals surface area contributed by atoms with Gasteiger partial charge in [-0.15, -0.1) is 10.2 Å². The van der Waals surface area contributed by atoms with E-state index in [0.717, 1.165) is 17.0 Å². The van der Waals surface area contributed by atoms with E-state index in [1.54, 1.807) is 13.3 Å². The van der Waals surface area contributed by atoms with Crippen LogP contribution in [0.5, 0.6) is 5.75 Å². The first kappa shape index (κ1) is 23.5. The molecule has 3 aromatic rings. The highest BCUT2D eigenvalue weighted by molar-refractivity contribution is 7.99. The molecule has 32 heavy (non-hydrogen) atoms. The number of hydrazone groups is 1. The molecule has 1 amide bonds. The second-order valence-corrected chi connectivity index (χ2v) is 9.14. The second-order valence-electron chi connectivity index (χ2n) is 8.20. The third kappa shape index (κ3) is 5.76. The van der Waals surface area contributed by atoms with E-state index < -0.39 is 0 Å². The van der Waals surface area contributed by atoms with Gasteiger partial charge < -0.3 is 9.30 Å². The van der Waals surface area contributed by atoms with Crippen LogP contribution in [0.15, 0.2) is 58.8 Å². The molecule has 1 N–H and O–H groups in total. The average molecular weight is 452 g/mol. The number of rotatable bonds is 8. The zero-order valence-electron chi connectivity index (χ0n) is 19.1. The summed E-state index contributed by atoms with van der Waals surface area (Å²) in [5.41, 5.74) is 5.70. The lowest BCUT2D eigenvalue weighted by atomic mass is 9.87. The zero-order valence-corrected chi connectivity index (χ0v) is 19.9. The van der Waals surface area contributed by atoms with Crippen LogP contribution in [0.1, 0.15) is 38.8 Å². The van der Waals surface area contributed by atoms with Crippen molar-refractivity contribution in [3.8, 4) is 17.1 Å². The maximum absolute atomic E-state index is 12.2. The predicted octanol–water partition coefficient (Wildman–Crippen LogP) is 4.51. The molecule has 1 aromatic heterocycles.